The lowest BCUT2D eigenvalue weighted by atomic mass is 10.0. The average Bonchev–Trinajstić information content (AvgIpc) is 3.35. The number of nitrogens with zero attached hydrogens (tertiary/aromatic N) is 4. The number of fused-ring (bicyclic) bond motifs is 1. The molecule has 1 aromatic carbocycles. The van der Waals surface area contributed by atoms with Crippen LogP contribution in [0.4, 0.5) is 5.69 Å². The first-order valence-corrected chi connectivity index (χ1v) is 11.8. The molecule has 3 aromatic rings. The Morgan fingerprint density at radius 3 is 2.70 bits per heavy atom. The Kier molecular flexibility index (Phi) is 6.03. The van der Waals surface area contributed by atoms with Gasteiger partial charge in [-0.05, 0) is 50.1 Å². The molecule has 0 bridgehead atoms. The van der Waals surface area contributed by atoms with Gasteiger partial charge in [0, 0.05) is 38.6 Å². The molecule has 0 aliphatic carbocycles. The molecule has 2 N–H and O–H groups in total. The summed E-state index contributed by atoms with van der Waals surface area (Å²) in [7, 11) is 1.61. The van der Waals surface area contributed by atoms with Gasteiger partial charge >= 0.3 is 0 Å². The number of carbonyl (C=O) groups excluding carboxylic acids is 1. The summed E-state index contributed by atoms with van der Waals surface area (Å²) >= 11 is 6.30. The monoisotopic (exact) mass is 466 g/mol. The molecule has 2 aliphatic rings. The molecule has 0 saturated carbocycles. The predicted molar refractivity (Wildman–Crippen MR) is 129 cm³/mol. The first-order chi connectivity index (χ1) is 16.0. The SMILES string of the molecule is CNC(=O)c1ccc(N2CCC(N3CC[C@@H](c4nc5c(Cl)cccc5c(=O)[nH]4)C3)CC2)cn1. The van der Waals surface area contributed by atoms with Crippen LogP contribution in [-0.2, 0) is 0 Å². The van der Waals surface area contributed by atoms with Crippen LogP contribution in [0.3, 0.4) is 0 Å². The number of para-hydroxylation sites is 1. The standard InChI is InChI=1S/C24H27ClN6O2/c1-26-24(33)20-6-5-17(13-27-20)30-11-8-16(9-12-30)31-10-7-15(14-31)22-28-21-18(23(32)29-22)3-2-4-19(21)25/h2-6,13,15-16H,7-12,14H2,1H3,(H,26,33)(H,28,29,32)/t15-/m1/s1. The molecule has 33 heavy (non-hydrogen) atoms. The summed E-state index contributed by atoms with van der Waals surface area (Å²) in [5.41, 5.74) is 1.94. The van der Waals surface area contributed by atoms with Crippen molar-refractivity contribution in [1.82, 2.24) is 25.2 Å². The number of likely N-dealkylation sites (tertiary alicyclic amines) is 1. The fourth-order valence-corrected chi connectivity index (χ4v) is 5.22. The number of H-pyrrole nitrogens is 1. The Bertz CT molecular complexity index is 1220. The zero-order valence-electron chi connectivity index (χ0n) is 18.6. The van der Waals surface area contributed by atoms with Gasteiger partial charge in [-0.1, -0.05) is 17.7 Å². The number of pyridine rings is 1. The van der Waals surface area contributed by atoms with Crippen molar-refractivity contribution in [1.29, 1.82) is 0 Å². The molecule has 0 spiro atoms. The third-order valence-electron chi connectivity index (χ3n) is 6.87. The zero-order valence-corrected chi connectivity index (χ0v) is 19.3. The van der Waals surface area contributed by atoms with Crippen molar-refractivity contribution in [3.05, 3.63) is 63.4 Å². The second kappa shape index (κ2) is 9.11. The Hall–Kier alpha value is -2.97. The van der Waals surface area contributed by atoms with Crippen LogP contribution in [-0.4, -0.2) is 65.0 Å². The van der Waals surface area contributed by atoms with Crippen LogP contribution in [0.25, 0.3) is 10.9 Å². The lowest BCUT2D eigenvalue weighted by molar-refractivity contribution is 0.0958. The summed E-state index contributed by atoms with van der Waals surface area (Å²) in [6, 6.07) is 9.56. The van der Waals surface area contributed by atoms with E-state index in [0.29, 0.717) is 27.7 Å². The van der Waals surface area contributed by atoms with E-state index < -0.39 is 0 Å². The number of hydrogen-bond acceptors (Lipinski definition) is 6. The first-order valence-electron chi connectivity index (χ1n) is 11.4. The summed E-state index contributed by atoms with van der Waals surface area (Å²) in [5, 5.41) is 3.64. The van der Waals surface area contributed by atoms with Gasteiger partial charge in [0.25, 0.3) is 11.5 Å². The molecule has 172 valence electrons. The van der Waals surface area contributed by atoms with Crippen LogP contribution in [0.2, 0.25) is 5.02 Å². The molecule has 5 rings (SSSR count). The summed E-state index contributed by atoms with van der Waals surface area (Å²) in [6.07, 6.45) is 4.89. The number of piperidine rings is 1. The van der Waals surface area contributed by atoms with E-state index in [9.17, 15) is 9.59 Å². The maximum absolute atomic E-state index is 12.5. The van der Waals surface area contributed by atoms with Crippen LogP contribution in [0.1, 0.15) is 41.5 Å². The van der Waals surface area contributed by atoms with Gasteiger partial charge in [-0.2, -0.15) is 0 Å². The van der Waals surface area contributed by atoms with E-state index in [1.807, 2.05) is 6.07 Å². The van der Waals surface area contributed by atoms with E-state index >= 15 is 0 Å². The van der Waals surface area contributed by atoms with Gasteiger partial charge in [0.05, 0.1) is 27.8 Å². The molecular weight excluding hydrogens is 440 g/mol. The molecule has 1 amide bonds. The number of aromatic nitrogens is 3. The summed E-state index contributed by atoms with van der Waals surface area (Å²) in [4.78, 5) is 41.1. The first kappa shape index (κ1) is 21.9. The molecule has 4 heterocycles. The van der Waals surface area contributed by atoms with Gasteiger partial charge in [0.15, 0.2) is 0 Å². The van der Waals surface area contributed by atoms with Crippen LogP contribution < -0.4 is 15.8 Å². The highest BCUT2D eigenvalue weighted by molar-refractivity contribution is 6.34. The van der Waals surface area contributed by atoms with E-state index in [0.717, 1.165) is 57.0 Å². The zero-order chi connectivity index (χ0) is 22.9. The fourth-order valence-electron chi connectivity index (χ4n) is 5.00. The molecule has 0 unspecified atom stereocenters. The average molecular weight is 467 g/mol. The van der Waals surface area contributed by atoms with Gasteiger partial charge < -0.3 is 15.2 Å². The number of aromatic amines is 1. The molecule has 2 saturated heterocycles. The minimum Gasteiger partial charge on any atom is -0.370 e. The largest absolute Gasteiger partial charge is 0.370 e. The van der Waals surface area contributed by atoms with Crippen molar-refractivity contribution in [2.75, 3.05) is 38.1 Å². The number of nitrogens with one attached hydrogen (secondary N) is 2. The lowest BCUT2D eigenvalue weighted by Crippen LogP contribution is -2.44. The highest BCUT2D eigenvalue weighted by Crippen LogP contribution is 2.31. The molecule has 2 aromatic heterocycles. The summed E-state index contributed by atoms with van der Waals surface area (Å²) in [6.45, 7) is 3.80. The van der Waals surface area contributed by atoms with Gasteiger partial charge in [-0.25, -0.2) is 9.97 Å². The van der Waals surface area contributed by atoms with Crippen LogP contribution in [0.5, 0.6) is 0 Å². The Balaban J connectivity index is 1.22. The van der Waals surface area contributed by atoms with E-state index in [4.69, 9.17) is 16.6 Å². The number of anilines is 1. The van der Waals surface area contributed by atoms with Crippen molar-refractivity contribution in [3.8, 4) is 0 Å². The van der Waals surface area contributed by atoms with Crippen molar-refractivity contribution in [2.45, 2.75) is 31.2 Å². The van der Waals surface area contributed by atoms with Crippen LogP contribution in [0.15, 0.2) is 41.3 Å². The molecule has 2 aliphatic heterocycles. The molecule has 2 fully saturated rings. The van der Waals surface area contributed by atoms with Crippen LogP contribution in [0, 0.1) is 0 Å². The van der Waals surface area contributed by atoms with Crippen molar-refractivity contribution in [2.24, 2.45) is 0 Å². The van der Waals surface area contributed by atoms with Gasteiger partial charge in [-0.3, -0.25) is 14.5 Å². The minimum atomic E-state index is -0.173. The number of carbonyl (C=O) groups is 1. The minimum absolute atomic E-state index is 0.125. The molecule has 1 atom stereocenters. The normalized spacial score (nSPS) is 19.8. The van der Waals surface area contributed by atoms with E-state index in [2.05, 4.69) is 25.1 Å². The maximum Gasteiger partial charge on any atom is 0.269 e. The van der Waals surface area contributed by atoms with E-state index in [1.54, 1.807) is 37.5 Å². The Morgan fingerprint density at radius 2 is 1.97 bits per heavy atom. The lowest BCUT2D eigenvalue weighted by Gasteiger charge is -2.37. The van der Waals surface area contributed by atoms with Crippen molar-refractivity contribution in [3.63, 3.8) is 0 Å². The highest BCUT2D eigenvalue weighted by Gasteiger charge is 2.32. The predicted octanol–water partition coefficient (Wildman–Crippen LogP) is 2.79. The third-order valence-corrected chi connectivity index (χ3v) is 7.17. The van der Waals surface area contributed by atoms with Crippen molar-refractivity contribution < 1.29 is 4.79 Å². The van der Waals surface area contributed by atoms with Gasteiger partial charge in [-0.15, -0.1) is 0 Å². The highest BCUT2D eigenvalue weighted by atomic mass is 35.5. The Labute approximate surface area is 197 Å². The molecule has 0 radical (unpaired) electrons. The quantitative estimate of drug-likeness (QED) is 0.614. The number of amides is 1. The van der Waals surface area contributed by atoms with Crippen molar-refractivity contribution >= 4 is 34.1 Å². The maximum atomic E-state index is 12.5. The topological polar surface area (TPSA) is 94.2 Å². The van der Waals surface area contributed by atoms with E-state index in [-0.39, 0.29) is 17.4 Å². The van der Waals surface area contributed by atoms with Gasteiger partial charge in [0.2, 0.25) is 0 Å². The van der Waals surface area contributed by atoms with E-state index in [1.165, 1.54) is 0 Å². The second-order valence-corrected chi connectivity index (χ2v) is 9.17. The number of hydrogen-bond donors (Lipinski definition) is 2. The third kappa shape index (κ3) is 4.32. The summed E-state index contributed by atoms with van der Waals surface area (Å²) < 4.78 is 0. The molecule has 9 heteroatoms. The smallest absolute Gasteiger partial charge is 0.269 e. The number of benzene rings is 1. The summed E-state index contributed by atoms with van der Waals surface area (Å²) in [5.74, 6) is 0.772. The van der Waals surface area contributed by atoms with Gasteiger partial charge in [0.1, 0.15) is 11.5 Å². The second-order valence-electron chi connectivity index (χ2n) is 8.77. The molecule has 8 nitrogen and oxygen atoms in total. The van der Waals surface area contributed by atoms with Crippen LogP contribution >= 0.6 is 11.6 Å². The Morgan fingerprint density at radius 1 is 1.15 bits per heavy atom. The number of rotatable bonds is 4. The fraction of sp³-hybridized carbons (Fsp3) is 0.417. The number of halogens is 1. The molecular formula is C24H27ClN6O2.